The van der Waals surface area contributed by atoms with Gasteiger partial charge in [-0.3, -0.25) is 0 Å². The molecule has 1 N–H and O–H groups in total. The fourth-order valence-corrected chi connectivity index (χ4v) is 1.29. The van der Waals surface area contributed by atoms with Gasteiger partial charge in [-0.05, 0) is 30.2 Å². The van der Waals surface area contributed by atoms with E-state index in [0.717, 1.165) is 18.7 Å². The van der Waals surface area contributed by atoms with Gasteiger partial charge in [0.1, 0.15) is 5.82 Å². The lowest BCUT2D eigenvalue weighted by Gasteiger charge is -2.11. The Labute approximate surface area is 79.0 Å². The lowest BCUT2D eigenvalue weighted by molar-refractivity contribution is 0.608. The van der Waals surface area contributed by atoms with Crippen molar-refractivity contribution in [1.82, 2.24) is 5.32 Å². The van der Waals surface area contributed by atoms with Crippen molar-refractivity contribution in [2.45, 2.75) is 19.8 Å². The van der Waals surface area contributed by atoms with Gasteiger partial charge in [0, 0.05) is 6.54 Å². The molecule has 0 saturated carbocycles. The molecule has 1 unspecified atom stereocenters. The van der Waals surface area contributed by atoms with Gasteiger partial charge in [-0.2, -0.15) is 0 Å². The normalized spacial score (nSPS) is 12.8. The van der Waals surface area contributed by atoms with Crippen LogP contribution in [0.5, 0.6) is 0 Å². The van der Waals surface area contributed by atoms with E-state index in [4.69, 9.17) is 0 Å². The number of rotatable bonds is 4. The first-order valence-electron chi connectivity index (χ1n) is 4.70. The van der Waals surface area contributed by atoms with Crippen LogP contribution in [-0.4, -0.2) is 13.1 Å². The van der Waals surface area contributed by atoms with Crippen molar-refractivity contribution in [3.05, 3.63) is 35.6 Å². The van der Waals surface area contributed by atoms with E-state index in [1.807, 2.05) is 6.07 Å². The summed E-state index contributed by atoms with van der Waals surface area (Å²) in [4.78, 5) is 0. The number of hydrogen-bond acceptors (Lipinski definition) is 1. The number of nitrogens with one attached hydrogen (secondary N) is 1. The first kappa shape index (κ1) is 10.2. The standard InChI is InChI=1S/C11H16FN/c1-3-13-8-9(2)10-5-4-6-11(12)7-10/h4-7,9,13H,3,8H2,1-2H3. The Morgan fingerprint density at radius 1 is 1.46 bits per heavy atom. The van der Waals surface area contributed by atoms with Gasteiger partial charge >= 0.3 is 0 Å². The molecule has 0 radical (unpaired) electrons. The molecule has 1 atom stereocenters. The van der Waals surface area contributed by atoms with Crippen LogP contribution < -0.4 is 5.32 Å². The number of hydrogen-bond donors (Lipinski definition) is 1. The van der Waals surface area contributed by atoms with Crippen molar-refractivity contribution in [2.75, 3.05) is 13.1 Å². The molecule has 72 valence electrons. The van der Waals surface area contributed by atoms with E-state index >= 15 is 0 Å². The van der Waals surface area contributed by atoms with Crippen molar-refractivity contribution < 1.29 is 4.39 Å². The van der Waals surface area contributed by atoms with E-state index in [1.165, 1.54) is 6.07 Å². The molecule has 0 bridgehead atoms. The smallest absolute Gasteiger partial charge is 0.123 e. The highest BCUT2D eigenvalue weighted by Crippen LogP contribution is 2.14. The van der Waals surface area contributed by atoms with Crippen molar-refractivity contribution in [3.63, 3.8) is 0 Å². The maximum absolute atomic E-state index is 12.8. The van der Waals surface area contributed by atoms with Crippen LogP contribution in [0.2, 0.25) is 0 Å². The van der Waals surface area contributed by atoms with E-state index in [-0.39, 0.29) is 5.82 Å². The summed E-state index contributed by atoms with van der Waals surface area (Å²) in [6, 6.07) is 6.80. The Hall–Kier alpha value is -0.890. The van der Waals surface area contributed by atoms with E-state index in [0.29, 0.717) is 5.92 Å². The fraction of sp³-hybridized carbons (Fsp3) is 0.455. The Kier molecular flexibility index (Phi) is 3.90. The zero-order valence-corrected chi connectivity index (χ0v) is 8.18. The molecule has 1 aromatic carbocycles. The maximum atomic E-state index is 12.8. The van der Waals surface area contributed by atoms with Crippen molar-refractivity contribution >= 4 is 0 Å². The molecule has 1 nitrogen and oxygen atoms in total. The summed E-state index contributed by atoms with van der Waals surface area (Å²) in [5.74, 6) is 0.219. The Morgan fingerprint density at radius 2 is 2.23 bits per heavy atom. The van der Waals surface area contributed by atoms with Crippen LogP contribution in [0.25, 0.3) is 0 Å². The van der Waals surface area contributed by atoms with Crippen LogP contribution in [0, 0.1) is 5.82 Å². The molecule has 0 saturated heterocycles. The number of benzene rings is 1. The minimum atomic E-state index is -0.152. The molecule has 2 heteroatoms. The van der Waals surface area contributed by atoms with E-state index in [9.17, 15) is 4.39 Å². The monoisotopic (exact) mass is 181 g/mol. The molecule has 13 heavy (non-hydrogen) atoms. The average molecular weight is 181 g/mol. The zero-order chi connectivity index (χ0) is 9.68. The van der Waals surface area contributed by atoms with Gasteiger partial charge < -0.3 is 5.32 Å². The molecule has 0 fully saturated rings. The van der Waals surface area contributed by atoms with Gasteiger partial charge in [0.25, 0.3) is 0 Å². The minimum Gasteiger partial charge on any atom is -0.316 e. The number of likely N-dealkylation sites (N-methyl/N-ethyl adjacent to an activating group) is 1. The molecule has 0 aliphatic carbocycles. The summed E-state index contributed by atoms with van der Waals surface area (Å²) in [5.41, 5.74) is 1.06. The van der Waals surface area contributed by atoms with E-state index in [1.54, 1.807) is 12.1 Å². The topological polar surface area (TPSA) is 12.0 Å². The molecular formula is C11H16FN. The van der Waals surface area contributed by atoms with Gasteiger partial charge in [-0.15, -0.1) is 0 Å². The first-order valence-corrected chi connectivity index (χ1v) is 4.70. The molecule has 0 aliphatic rings. The minimum absolute atomic E-state index is 0.152. The Bertz CT molecular complexity index is 260. The second kappa shape index (κ2) is 4.97. The van der Waals surface area contributed by atoms with Gasteiger partial charge in [-0.1, -0.05) is 26.0 Å². The van der Waals surface area contributed by atoms with Crippen LogP contribution in [0.4, 0.5) is 4.39 Å². The largest absolute Gasteiger partial charge is 0.316 e. The molecule has 1 rings (SSSR count). The van der Waals surface area contributed by atoms with Crippen LogP contribution in [0.1, 0.15) is 25.3 Å². The Balaban J connectivity index is 2.60. The van der Waals surface area contributed by atoms with Crippen LogP contribution in [-0.2, 0) is 0 Å². The fourth-order valence-electron chi connectivity index (χ4n) is 1.29. The third kappa shape index (κ3) is 3.15. The van der Waals surface area contributed by atoms with Gasteiger partial charge in [-0.25, -0.2) is 4.39 Å². The first-order chi connectivity index (χ1) is 6.24. The molecule has 0 amide bonds. The lowest BCUT2D eigenvalue weighted by atomic mass is 10.0. The second-order valence-corrected chi connectivity index (χ2v) is 3.26. The van der Waals surface area contributed by atoms with E-state index in [2.05, 4.69) is 19.2 Å². The zero-order valence-electron chi connectivity index (χ0n) is 8.18. The predicted molar refractivity (Wildman–Crippen MR) is 53.4 cm³/mol. The Morgan fingerprint density at radius 3 is 2.85 bits per heavy atom. The summed E-state index contributed by atoms with van der Waals surface area (Å²) in [6.45, 7) is 6.02. The van der Waals surface area contributed by atoms with Gasteiger partial charge in [0.05, 0.1) is 0 Å². The average Bonchev–Trinajstić information content (AvgIpc) is 2.14. The highest BCUT2D eigenvalue weighted by atomic mass is 19.1. The molecular weight excluding hydrogens is 165 g/mol. The quantitative estimate of drug-likeness (QED) is 0.752. The summed E-state index contributed by atoms with van der Waals surface area (Å²) < 4.78 is 12.8. The summed E-state index contributed by atoms with van der Waals surface area (Å²) >= 11 is 0. The molecule has 0 heterocycles. The van der Waals surface area contributed by atoms with Crippen LogP contribution in [0.15, 0.2) is 24.3 Å². The SMILES string of the molecule is CCNCC(C)c1cccc(F)c1. The van der Waals surface area contributed by atoms with Crippen molar-refractivity contribution in [3.8, 4) is 0 Å². The second-order valence-electron chi connectivity index (χ2n) is 3.26. The molecule has 0 spiro atoms. The van der Waals surface area contributed by atoms with Gasteiger partial charge in [0.15, 0.2) is 0 Å². The van der Waals surface area contributed by atoms with Crippen molar-refractivity contribution in [1.29, 1.82) is 0 Å². The van der Waals surface area contributed by atoms with Crippen molar-refractivity contribution in [2.24, 2.45) is 0 Å². The van der Waals surface area contributed by atoms with Gasteiger partial charge in [0.2, 0.25) is 0 Å². The predicted octanol–water partition coefficient (Wildman–Crippen LogP) is 2.54. The summed E-state index contributed by atoms with van der Waals surface area (Å²) in [5, 5.41) is 3.24. The highest BCUT2D eigenvalue weighted by Gasteiger charge is 2.04. The molecule has 1 aromatic rings. The third-order valence-corrected chi connectivity index (χ3v) is 2.12. The molecule has 0 aliphatic heterocycles. The van der Waals surface area contributed by atoms with E-state index < -0.39 is 0 Å². The summed E-state index contributed by atoms with van der Waals surface area (Å²) in [6.07, 6.45) is 0. The third-order valence-electron chi connectivity index (χ3n) is 2.12. The molecule has 0 aromatic heterocycles. The highest BCUT2D eigenvalue weighted by molar-refractivity contribution is 5.20. The van der Waals surface area contributed by atoms with Crippen LogP contribution in [0.3, 0.4) is 0 Å². The number of halogens is 1. The van der Waals surface area contributed by atoms with Crippen LogP contribution >= 0.6 is 0 Å². The lowest BCUT2D eigenvalue weighted by Crippen LogP contribution is -2.19. The summed E-state index contributed by atoms with van der Waals surface area (Å²) in [7, 11) is 0. The maximum Gasteiger partial charge on any atom is 0.123 e.